The van der Waals surface area contributed by atoms with E-state index in [2.05, 4.69) is 22.4 Å². The highest BCUT2D eigenvalue weighted by molar-refractivity contribution is 7.80. The molecule has 0 amide bonds. The van der Waals surface area contributed by atoms with Gasteiger partial charge in [0, 0.05) is 0 Å². The molecule has 15 heteroatoms. The van der Waals surface area contributed by atoms with Crippen LogP contribution in [0.5, 0.6) is 0 Å². The molecule has 0 aromatic heterocycles. The highest BCUT2D eigenvalue weighted by Gasteiger charge is 2.25. The van der Waals surface area contributed by atoms with Crippen molar-refractivity contribution in [3.63, 3.8) is 0 Å². The zero-order valence-electron chi connectivity index (χ0n) is 13.7. The number of nitrogens with zero attached hydrogens (tertiary/aromatic N) is 2. The molecular formula is C15H4F10N4S. The molecule has 0 unspecified atom stereocenters. The Morgan fingerprint density at radius 2 is 0.733 bits per heavy atom. The normalized spacial score (nSPS) is 11.5. The molecule has 4 nitrogen and oxygen atoms in total. The lowest BCUT2D eigenvalue weighted by atomic mass is 10.2. The second-order valence-electron chi connectivity index (χ2n) is 5.04. The van der Waals surface area contributed by atoms with Crippen molar-refractivity contribution in [3.05, 3.63) is 69.3 Å². The summed E-state index contributed by atoms with van der Waals surface area (Å²) >= 11 is 4.52. The first-order valence-electron chi connectivity index (χ1n) is 7.13. The van der Waals surface area contributed by atoms with Gasteiger partial charge in [0.25, 0.3) is 0 Å². The summed E-state index contributed by atoms with van der Waals surface area (Å²) in [5.41, 5.74) is 0.769. The Labute approximate surface area is 164 Å². The van der Waals surface area contributed by atoms with E-state index in [0.29, 0.717) is 0 Å². The van der Waals surface area contributed by atoms with Crippen LogP contribution in [0.25, 0.3) is 0 Å². The Bertz CT molecular complexity index is 945. The van der Waals surface area contributed by atoms with E-state index in [4.69, 9.17) is 0 Å². The molecular weight excluding hydrogens is 458 g/mol. The SMILES string of the molecule is Fc1c(F)c(F)c(/C=N\NC(=S)N/N=C\c2c(F)c(F)c(F)c(F)c2F)c(F)c1F. The summed E-state index contributed by atoms with van der Waals surface area (Å²) in [5.74, 6) is -22.4. The second-order valence-corrected chi connectivity index (χ2v) is 5.44. The summed E-state index contributed by atoms with van der Waals surface area (Å²) in [7, 11) is 0. The van der Waals surface area contributed by atoms with Crippen molar-refractivity contribution in [2.24, 2.45) is 10.2 Å². The maximum atomic E-state index is 13.4. The van der Waals surface area contributed by atoms with Gasteiger partial charge in [-0.25, -0.2) is 43.9 Å². The molecule has 0 bridgehead atoms. The zero-order valence-corrected chi connectivity index (χ0v) is 14.6. The third-order valence-electron chi connectivity index (χ3n) is 3.21. The Kier molecular flexibility index (Phi) is 6.96. The lowest BCUT2D eigenvalue weighted by Crippen LogP contribution is -2.28. The largest absolute Gasteiger partial charge is 0.252 e. The molecule has 0 atom stereocenters. The van der Waals surface area contributed by atoms with Crippen LogP contribution >= 0.6 is 12.2 Å². The van der Waals surface area contributed by atoms with Crippen LogP contribution in [-0.4, -0.2) is 17.5 Å². The van der Waals surface area contributed by atoms with E-state index < -0.39 is 74.4 Å². The van der Waals surface area contributed by atoms with Gasteiger partial charge in [0.1, 0.15) is 0 Å². The van der Waals surface area contributed by atoms with Crippen LogP contribution in [0.15, 0.2) is 10.2 Å². The van der Waals surface area contributed by atoms with Crippen LogP contribution in [0.1, 0.15) is 11.1 Å². The third-order valence-corrected chi connectivity index (χ3v) is 3.39. The van der Waals surface area contributed by atoms with Gasteiger partial charge in [-0.1, -0.05) is 0 Å². The van der Waals surface area contributed by atoms with Crippen LogP contribution in [0, 0.1) is 58.2 Å². The number of hydrogen-bond acceptors (Lipinski definition) is 3. The molecule has 160 valence electrons. The molecule has 2 aromatic rings. The number of benzene rings is 2. The van der Waals surface area contributed by atoms with E-state index in [1.807, 2.05) is 0 Å². The number of thiocarbonyl (C=S) groups is 1. The molecule has 0 saturated carbocycles. The minimum Gasteiger partial charge on any atom is -0.252 e. The highest BCUT2D eigenvalue weighted by atomic mass is 32.1. The average molecular weight is 462 g/mol. The smallest absolute Gasteiger partial charge is 0.207 e. The predicted molar refractivity (Wildman–Crippen MR) is 86.5 cm³/mol. The van der Waals surface area contributed by atoms with Gasteiger partial charge in [-0.05, 0) is 12.2 Å². The molecule has 0 aliphatic rings. The van der Waals surface area contributed by atoms with E-state index in [1.54, 1.807) is 10.9 Å². The first-order valence-corrected chi connectivity index (χ1v) is 7.54. The van der Waals surface area contributed by atoms with Crippen molar-refractivity contribution < 1.29 is 43.9 Å². The molecule has 0 radical (unpaired) electrons. The number of hydrogen-bond donors (Lipinski definition) is 2. The summed E-state index contributed by atoms with van der Waals surface area (Å²) in [6, 6.07) is 0. The average Bonchev–Trinajstić information content (AvgIpc) is 2.72. The maximum absolute atomic E-state index is 13.4. The van der Waals surface area contributed by atoms with Crippen LogP contribution in [-0.2, 0) is 0 Å². The topological polar surface area (TPSA) is 48.8 Å². The first-order chi connectivity index (χ1) is 14.0. The van der Waals surface area contributed by atoms with Crippen molar-refractivity contribution in [1.29, 1.82) is 0 Å². The predicted octanol–water partition coefficient (Wildman–Crippen LogP) is 3.91. The molecule has 0 aliphatic carbocycles. The van der Waals surface area contributed by atoms with Crippen molar-refractivity contribution >= 4 is 29.8 Å². The van der Waals surface area contributed by atoms with Crippen LogP contribution in [0.2, 0.25) is 0 Å². The van der Waals surface area contributed by atoms with Gasteiger partial charge in [0.2, 0.25) is 16.7 Å². The van der Waals surface area contributed by atoms with Gasteiger partial charge in [-0.3, -0.25) is 10.9 Å². The molecule has 2 aromatic carbocycles. The van der Waals surface area contributed by atoms with E-state index in [0.717, 1.165) is 0 Å². The monoisotopic (exact) mass is 462 g/mol. The Hall–Kier alpha value is -3.23. The van der Waals surface area contributed by atoms with Gasteiger partial charge in [0.15, 0.2) is 46.5 Å². The fraction of sp³-hybridized carbons (Fsp3) is 0. The molecule has 0 saturated heterocycles. The Balaban J connectivity index is 2.11. The van der Waals surface area contributed by atoms with E-state index in [9.17, 15) is 43.9 Å². The number of rotatable bonds is 4. The van der Waals surface area contributed by atoms with Gasteiger partial charge in [-0.2, -0.15) is 10.2 Å². The summed E-state index contributed by atoms with van der Waals surface area (Å²) in [4.78, 5) is 0. The fourth-order valence-electron chi connectivity index (χ4n) is 1.81. The highest BCUT2D eigenvalue weighted by Crippen LogP contribution is 2.22. The van der Waals surface area contributed by atoms with E-state index >= 15 is 0 Å². The molecule has 0 aliphatic heterocycles. The number of hydrazone groups is 2. The fourth-order valence-corrected chi connectivity index (χ4v) is 1.91. The molecule has 0 heterocycles. The van der Waals surface area contributed by atoms with Crippen molar-refractivity contribution in [2.45, 2.75) is 0 Å². The third kappa shape index (κ3) is 4.34. The number of nitrogens with one attached hydrogen (secondary N) is 2. The minimum atomic E-state index is -2.38. The number of halogens is 10. The van der Waals surface area contributed by atoms with E-state index in [-0.39, 0.29) is 12.4 Å². The van der Waals surface area contributed by atoms with Crippen LogP contribution in [0.3, 0.4) is 0 Å². The lowest BCUT2D eigenvalue weighted by molar-refractivity contribution is 0.377. The summed E-state index contributed by atoms with van der Waals surface area (Å²) in [6.07, 6.45) is 0.357. The molecule has 30 heavy (non-hydrogen) atoms. The maximum Gasteiger partial charge on any atom is 0.207 e. The van der Waals surface area contributed by atoms with Crippen LogP contribution < -0.4 is 10.9 Å². The van der Waals surface area contributed by atoms with Gasteiger partial charge >= 0.3 is 0 Å². The molecule has 2 N–H and O–H groups in total. The Morgan fingerprint density at radius 3 is 1.00 bits per heavy atom. The molecule has 0 spiro atoms. The van der Waals surface area contributed by atoms with Gasteiger partial charge in [0.05, 0.1) is 23.6 Å². The second kappa shape index (κ2) is 9.06. The summed E-state index contributed by atoms with van der Waals surface area (Å²) in [5, 5.41) is 5.48. The zero-order chi connectivity index (χ0) is 22.7. The summed E-state index contributed by atoms with van der Waals surface area (Å²) in [6.45, 7) is 0. The lowest BCUT2D eigenvalue weighted by Gasteiger charge is -2.05. The molecule has 2 rings (SSSR count). The Morgan fingerprint density at radius 1 is 0.500 bits per heavy atom. The van der Waals surface area contributed by atoms with Gasteiger partial charge < -0.3 is 0 Å². The van der Waals surface area contributed by atoms with E-state index in [1.165, 1.54) is 0 Å². The quantitative estimate of drug-likeness (QED) is 0.181. The first kappa shape index (κ1) is 23.1. The standard InChI is InChI=1S/C15H4F10N4S/c16-5-3(6(17)10(21)13(24)9(5)20)1-26-28-15(30)29-27-2-4-7(18)11(22)14(25)12(23)8(4)19/h1-2H,(H2,28,29,30)/b26-1-,27-2-. The van der Waals surface area contributed by atoms with Crippen molar-refractivity contribution in [2.75, 3.05) is 0 Å². The van der Waals surface area contributed by atoms with Gasteiger partial charge in [-0.15, -0.1) is 0 Å². The van der Waals surface area contributed by atoms with Crippen molar-refractivity contribution in [1.82, 2.24) is 10.9 Å². The summed E-state index contributed by atoms with van der Waals surface area (Å²) < 4.78 is 132. The molecule has 0 fully saturated rings. The minimum absolute atomic E-state index is 0.179. The van der Waals surface area contributed by atoms with Crippen LogP contribution in [0.4, 0.5) is 43.9 Å². The van der Waals surface area contributed by atoms with Crippen molar-refractivity contribution in [3.8, 4) is 0 Å².